The van der Waals surface area contributed by atoms with Crippen molar-refractivity contribution in [1.29, 1.82) is 5.26 Å². The monoisotopic (exact) mass is 273 g/mol. The number of hydrogen-bond donors (Lipinski definition) is 2. The number of rotatable bonds is 6. The van der Waals surface area contributed by atoms with Gasteiger partial charge in [-0.25, -0.2) is 0 Å². The van der Waals surface area contributed by atoms with E-state index >= 15 is 0 Å². The van der Waals surface area contributed by atoms with Crippen LogP contribution < -0.4 is 5.73 Å². The summed E-state index contributed by atoms with van der Waals surface area (Å²) < 4.78 is 0. The van der Waals surface area contributed by atoms with E-state index in [1.807, 2.05) is 0 Å². The summed E-state index contributed by atoms with van der Waals surface area (Å²) in [6.45, 7) is 0.462. The van der Waals surface area contributed by atoms with E-state index in [-0.39, 0.29) is 17.7 Å². The number of carbonyl (C=O) groups is 1. The topological polar surface area (TPSA) is 90.4 Å². The van der Waals surface area contributed by atoms with Crippen LogP contribution in [0.15, 0.2) is 24.3 Å². The first-order chi connectivity index (χ1) is 9.61. The van der Waals surface area contributed by atoms with Crippen molar-refractivity contribution < 1.29 is 9.90 Å². The highest BCUT2D eigenvalue weighted by molar-refractivity contribution is 5.82. The van der Waals surface area contributed by atoms with E-state index in [9.17, 15) is 9.90 Å². The molecule has 1 aliphatic rings. The summed E-state index contributed by atoms with van der Waals surface area (Å²) in [6.07, 6.45) is 2.79. The highest BCUT2D eigenvalue weighted by Crippen LogP contribution is 2.27. The van der Waals surface area contributed by atoms with Crippen molar-refractivity contribution in [3.8, 4) is 11.8 Å². The lowest BCUT2D eigenvalue weighted by Gasteiger charge is -2.24. The molecule has 0 aromatic heterocycles. The van der Waals surface area contributed by atoms with Gasteiger partial charge in [0.1, 0.15) is 5.75 Å². The third-order valence-corrected chi connectivity index (χ3v) is 3.44. The van der Waals surface area contributed by atoms with Gasteiger partial charge in [-0.15, -0.1) is 0 Å². The Kier molecular flexibility index (Phi) is 4.59. The Morgan fingerprint density at radius 2 is 2.10 bits per heavy atom. The Morgan fingerprint density at radius 3 is 2.65 bits per heavy atom. The number of nitrogens with two attached hydrogens (primary N) is 1. The fraction of sp³-hybridized carbons (Fsp3) is 0.467. The first-order valence-electron chi connectivity index (χ1n) is 6.82. The first-order valence-corrected chi connectivity index (χ1v) is 6.82. The molecule has 2 rings (SSSR count). The number of phenolic OH excluding ortho intramolecular Hbond substituents is 1. The van der Waals surface area contributed by atoms with Gasteiger partial charge < -0.3 is 15.7 Å². The highest BCUT2D eigenvalue weighted by atomic mass is 16.3. The molecule has 1 atom stereocenters. The maximum atomic E-state index is 12.3. The minimum absolute atomic E-state index is 0.0872. The van der Waals surface area contributed by atoms with Gasteiger partial charge in [-0.1, -0.05) is 12.1 Å². The molecule has 0 heterocycles. The van der Waals surface area contributed by atoms with Crippen LogP contribution >= 0.6 is 0 Å². The van der Waals surface area contributed by atoms with Crippen molar-refractivity contribution in [3.05, 3.63) is 29.8 Å². The molecule has 20 heavy (non-hydrogen) atoms. The van der Waals surface area contributed by atoms with Crippen molar-refractivity contribution >= 4 is 5.91 Å². The van der Waals surface area contributed by atoms with Gasteiger partial charge in [0.2, 0.25) is 5.91 Å². The van der Waals surface area contributed by atoms with Gasteiger partial charge in [0.15, 0.2) is 0 Å². The fourth-order valence-electron chi connectivity index (χ4n) is 2.22. The summed E-state index contributed by atoms with van der Waals surface area (Å²) in [5, 5.41) is 17.9. The van der Waals surface area contributed by atoms with E-state index in [2.05, 4.69) is 6.07 Å². The molecule has 1 aliphatic carbocycles. The lowest BCUT2D eigenvalue weighted by atomic mass is 10.1. The molecule has 0 saturated heterocycles. The van der Waals surface area contributed by atoms with Gasteiger partial charge in [0.25, 0.3) is 0 Å². The first kappa shape index (κ1) is 14.4. The molecule has 1 aromatic rings. The van der Waals surface area contributed by atoms with Crippen LogP contribution in [0.2, 0.25) is 0 Å². The number of nitrogens with zero attached hydrogens (tertiary/aromatic N) is 2. The van der Waals surface area contributed by atoms with E-state index < -0.39 is 6.04 Å². The molecule has 0 aliphatic heterocycles. The minimum Gasteiger partial charge on any atom is -0.508 e. The molecule has 5 nitrogen and oxygen atoms in total. The quantitative estimate of drug-likeness (QED) is 0.814. The standard InChI is InChI=1S/C15H19N3O2/c16-8-1-9-18(12-4-5-12)15(20)14(17)10-11-2-6-13(19)7-3-11/h2-3,6-7,12,14,19H,1,4-5,9-10,17H2/t14-/m1/s1. The van der Waals surface area contributed by atoms with Crippen LogP contribution in [0.5, 0.6) is 5.75 Å². The number of nitriles is 1. The van der Waals surface area contributed by atoms with Crippen LogP contribution in [-0.4, -0.2) is 34.5 Å². The Morgan fingerprint density at radius 1 is 1.45 bits per heavy atom. The predicted octanol–water partition coefficient (Wildman–Crippen LogP) is 1.17. The number of carbonyl (C=O) groups excluding carboxylic acids is 1. The van der Waals surface area contributed by atoms with Crippen LogP contribution in [0.1, 0.15) is 24.8 Å². The van der Waals surface area contributed by atoms with Gasteiger partial charge in [-0.2, -0.15) is 5.26 Å². The summed E-state index contributed by atoms with van der Waals surface area (Å²) in [6, 6.07) is 8.43. The van der Waals surface area contributed by atoms with E-state index in [0.29, 0.717) is 19.4 Å². The molecule has 0 spiro atoms. The normalized spacial score (nSPS) is 15.4. The van der Waals surface area contributed by atoms with Gasteiger partial charge in [0.05, 0.1) is 18.5 Å². The van der Waals surface area contributed by atoms with E-state index in [4.69, 9.17) is 11.0 Å². The lowest BCUT2D eigenvalue weighted by molar-refractivity contribution is -0.133. The zero-order valence-electron chi connectivity index (χ0n) is 11.3. The van der Waals surface area contributed by atoms with Crippen molar-refractivity contribution in [2.24, 2.45) is 5.73 Å². The predicted molar refractivity (Wildman–Crippen MR) is 74.8 cm³/mol. The van der Waals surface area contributed by atoms with Crippen LogP contribution in [0.25, 0.3) is 0 Å². The Balaban J connectivity index is 1.96. The summed E-state index contributed by atoms with van der Waals surface area (Å²) in [5.41, 5.74) is 6.91. The molecule has 106 valence electrons. The Hall–Kier alpha value is -2.06. The van der Waals surface area contributed by atoms with Crippen molar-refractivity contribution in [3.63, 3.8) is 0 Å². The lowest BCUT2D eigenvalue weighted by Crippen LogP contribution is -2.46. The number of phenols is 1. The van der Waals surface area contributed by atoms with Gasteiger partial charge in [-0.05, 0) is 37.0 Å². The number of hydrogen-bond acceptors (Lipinski definition) is 4. The average molecular weight is 273 g/mol. The number of aromatic hydroxyl groups is 1. The maximum Gasteiger partial charge on any atom is 0.240 e. The van der Waals surface area contributed by atoms with Crippen LogP contribution in [0.4, 0.5) is 0 Å². The molecule has 1 aromatic carbocycles. The Bertz CT molecular complexity index is 503. The zero-order valence-corrected chi connectivity index (χ0v) is 11.3. The minimum atomic E-state index is -0.598. The molecule has 1 fully saturated rings. The second kappa shape index (κ2) is 6.40. The van der Waals surface area contributed by atoms with Crippen LogP contribution in [0.3, 0.4) is 0 Å². The van der Waals surface area contributed by atoms with Gasteiger partial charge in [0, 0.05) is 12.6 Å². The molecule has 1 amide bonds. The molecular formula is C15H19N3O2. The molecule has 1 saturated carbocycles. The summed E-state index contributed by atoms with van der Waals surface area (Å²) in [4.78, 5) is 14.1. The van der Waals surface area contributed by atoms with Crippen LogP contribution in [-0.2, 0) is 11.2 Å². The molecular weight excluding hydrogens is 254 g/mol. The summed E-state index contributed by atoms with van der Waals surface area (Å²) >= 11 is 0. The van der Waals surface area contributed by atoms with E-state index in [1.54, 1.807) is 29.2 Å². The SMILES string of the molecule is N#CCCN(C(=O)[C@H](N)Cc1ccc(O)cc1)C1CC1. The van der Waals surface area contributed by atoms with Crippen molar-refractivity contribution in [2.75, 3.05) is 6.54 Å². The highest BCUT2D eigenvalue weighted by Gasteiger charge is 2.34. The summed E-state index contributed by atoms with van der Waals surface area (Å²) in [7, 11) is 0. The van der Waals surface area contributed by atoms with Gasteiger partial charge in [-0.3, -0.25) is 4.79 Å². The summed E-state index contributed by atoms with van der Waals surface area (Å²) in [5.74, 6) is 0.109. The second-order valence-electron chi connectivity index (χ2n) is 5.15. The van der Waals surface area contributed by atoms with Crippen molar-refractivity contribution in [2.45, 2.75) is 37.8 Å². The Labute approximate surface area is 118 Å². The van der Waals surface area contributed by atoms with Crippen molar-refractivity contribution in [1.82, 2.24) is 4.90 Å². The zero-order chi connectivity index (χ0) is 14.5. The molecule has 0 bridgehead atoms. The van der Waals surface area contributed by atoms with Crippen LogP contribution in [0, 0.1) is 11.3 Å². The van der Waals surface area contributed by atoms with E-state index in [0.717, 1.165) is 18.4 Å². The van der Waals surface area contributed by atoms with Gasteiger partial charge >= 0.3 is 0 Å². The molecule has 0 radical (unpaired) electrons. The van der Waals surface area contributed by atoms with E-state index in [1.165, 1.54) is 0 Å². The molecule has 0 unspecified atom stereocenters. The second-order valence-corrected chi connectivity index (χ2v) is 5.15. The molecule has 5 heteroatoms. The third kappa shape index (κ3) is 3.72. The maximum absolute atomic E-state index is 12.3. The number of benzene rings is 1. The average Bonchev–Trinajstić information content (AvgIpc) is 3.26. The largest absolute Gasteiger partial charge is 0.508 e. The number of amides is 1. The fourth-order valence-corrected chi connectivity index (χ4v) is 2.22. The molecule has 3 N–H and O–H groups in total. The smallest absolute Gasteiger partial charge is 0.240 e. The third-order valence-electron chi connectivity index (χ3n) is 3.44.